The van der Waals surface area contributed by atoms with Crippen LogP contribution < -0.4 is 11.1 Å². The van der Waals surface area contributed by atoms with Gasteiger partial charge in [0.25, 0.3) is 0 Å². The van der Waals surface area contributed by atoms with Gasteiger partial charge in [0.05, 0.1) is 15.8 Å². The molecular formula is C14H21BrFN3. The molecule has 5 heteroatoms. The van der Waals surface area contributed by atoms with Crippen molar-refractivity contribution in [1.29, 1.82) is 0 Å². The summed E-state index contributed by atoms with van der Waals surface area (Å²) in [5, 5.41) is 3.32. The van der Waals surface area contributed by atoms with Gasteiger partial charge >= 0.3 is 0 Å². The number of halogens is 2. The topological polar surface area (TPSA) is 41.3 Å². The van der Waals surface area contributed by atoms with E-state index in [0.29, 0.717) is 15.8 Å². The Morgan fingerprint density at radius 3 is 2.58 bits per heavy atom. The number of hydrogen-bond acceptors (Lipinski definition) is 3. The molecule has 0 aromatic heterocycles. The van der Waals surface area contributed by atoms with Crippen molar-refractivity contribution in [2.45, 2.75) is 31.2 Å². The Morgan fingerprint density at radius 1 is 1.37 bits per heavy atom. The third-order valence-electron chi connectivity index (χ3n) is 4.18. The third-order valence-corrected chi connectivity index (χ3v) is 4.79. The lowest BCUT2D eigenvalue weighted by molar-refractivity contribution is 0.172. The SMILES string of the molecule is CN(C)C1(CNc2cc(F)c(Br)cc2N)CCCC1. The molecule has 0 amide bonds. The predicted octanol–water partition coefficient (Wildman–Crippen LogP) is 3.46. The maximum atomic E-state index is 13.6. The van der Waals surface area contributed by atoms with Gasteiger partial charge in [0.1, 0.15) is 5.82 Å². The molecule has 3 N–H and O–H groups in total. The summed E-state index contributed by atoms with van der Waals surface area (Å²) < 4.78 is 14.0. The average molecular weight is 330 g/mol. The van der Waals surface area contributed by atoms with Crippen LogP contribution in [0, 0.1) is 5.82 Å². The minimum atomic E-state index is -0.290. The highest BCUT2D eigenvalue weighted by molar-refractivity contribution is 9.10. The van der Waals surface area contributed by atoms with Gasteiger partial charge in [-0.3, -0.25) is 0 Å². The Bertz CT molecular complexity index is 456. The van der Waals surface area contributed by atoms with Crippen LogP contribution >= 0.6 is 15.9 Å². The molecule has 1 aromatic rings. The van der Waals surface area contributed by atoms with E-state index in [1.165, 1.54) is 31.7 Å². The Labute approximate surface area is 122 Å². The predicted molar refractivity (Wildman–Crippen MR) is 81.9 cm³/mol. The van der Waals surface area contributed by atoms with Crippen molar-refractivity contribution in [3.8, 4) is 0 Å². The van der Waals surface area contributed by atoms with Crippen molar-refractivity contribution in [3.05, 3.63) is 22.4 Å². The molecule has 0 radical (unpaired) electrons. The fourth-order valence-electron chi connectivity index (χ4n) is 2.79. The van der Waals surface area contributed by atoms with Crippen LogP contribution in [0.15, 0.2) is 16.6 Å². The molecule has 1 aliphatic carbocycles. The van der Waals surface area contributed by atoms with Crippen molar-refractivity contribution < 1.29 is 4.39 Å². The molecule has 0 spiro atoms. The molecule has 1 aromatic carbocycles. The number of nitrogens with one attached hydrogen (secondary N) is 1. The minimum absolute atomic E-state index is 0.163. The van der Waals surface area contributed by atoms with E-state index in [2.05, 4.69) is 40.2 Å². The summed E-state index contributed by atoms with van der Waals surface area (Å²) in [6, 6.07) is 3.06. The molecule has 0 saturated heterocycles. The highest BCUT2D eigenvalue weighted by Gasteiger charge is 2.35. The lowest BCUT2D eigenvalue weighted by Gasteiger charge is -2.37. The number of nitrogens with zero attached hydrogens (tertiary/aromatic N) is 1. The van der Waals surface area contributed by atoms with E-state index in [0.717, 1.165) is 6.54 Å². The standard InChI is InChI=1S/C14H21BrFN3/c1-19(2)14(5-3-4-6-14)9-18-13-8-11(16)10(15)7-12(13)17/h7-8,18H,3-6,9,17H2,1-2H3. The highest BCUT2D eigenvalue weighted by Crippen LogP contribution is 2.35. The lowest BCUT2D eigenvalue weighted by Crippen LogP contribution is -2.47. The monoisotopic (exact) mass is 329 g/mol. The molecule has 19 heavy (non-hydrogen) atoms. The van der Waals surface area contributed by atoms with Gasteiger partial charge in [-0.15, -0.1) is 0 Å². The molecule has 0 atom stereocenters. The van der Waals surface area contributed by atoms with Gasteiger partial charge in [-0.05, 0) is 48.9 Å². The zero-order chi connectivity index (χ0) is 14.0. The smallest absolute Gasteiger partial charge is 0.139 e. The molecule has 0 heterocycles. The molecule has 3 nitrogen and oxygen atoms in total. The summed E-state index contributed by atoms with van der Waals surface area (Å²) in [6.45, 7) is 0.797. The molecule has 2 rings (SSSR count). The maximum absolute atomic E-state index is 13.6. The number of nitrogens with two attached hydrogens (primary N) is 1. The molecule has 0 bridgehead atoms. The summed E-state index contributed by atoms with van der Waals surface area (Å²) in [5.74, 6) is -0.290. The normalized spacial score (nSPS) is 17.9. The second kappa shape index (κ2) is 5.67. The highest BCUT2D eigenvalue weighted by atomic mass is 79.9. The van der Waals surface area contributed by atoms with Crippen LogP contribution in [-0.4, -0.2) is 31.1 Å². The summed E-state index contributed by atoms with van der Waals surface area (Å²) in [7, 11) is 4.22. The van der Waals surface area contributed by atoms with Crippen LogP contribution in [-0.2, 0) is 0 Å². The van der Waals surface area contributed by atoms with E-state index in [1.54, 1.807) is 6.07 Å². The van der Waals surface area contributed by atoms with Gasteiger partial charge in [0, 0.05) is 18.2 Å². The molecule has 1 saturated carbocycles. The minimum Gasteiger partial charge on any atom is -0.397 e. The largest absolute Gasteiger partial charge is 0.397 e. The van der Waals surface area contributed by atoms with Crippen LogP contribution in [0.5, 0.6) is 0 Å². The second-order valence-electron chi connectivity index (χ2n) is 5.53. The number of rotatable bonds is 4. The number of nitrogen functional groups attached to an aromatic ring is 1. The molecule has 1 fully saturated rings. The first-order valence-corrected chi connectivity index (χ1v) is 7.40. The van der Waals surface area contributed by atoms with Gasteiger partial charge in [0.15, 0.2) is 0 Å². The molecule has 106 valence electrons. The van der Waals surface area contributed by atoms with Crippen molar-refractivity contribution in [1.82, 2.24) is 4.90 Å². The summed E-state index contributed by atoms with van der Waals surface area (Å²) in [4.78, 5) is 2.28. The molecule has 1 aliphatic rings. The van der Waals surface area contributed by atoms with Crippen LogP contribution in [0.25, 0.3) is 0 Å². The summed E-state index contributed by atoms with van der Waals surface area (Å²) in [5.41, 5.74) is 7.33. The Hall–Kier alpha value is -0.810. The first kappa shape index (κ1) is 14.6. The van der Waals surface area contributed by atoms with E-state index in [9.17, 15) is 4.39 Å². The second-order valence-corrected chi connectivity index (χ2v) is 6.39. The Balaban J connectivity index is 2.11. The van der Waals surface area contributed by atoms with Crippen molar-refractivity contribution >= 4 is 27.3 Å². The number of likely N-dealkylation sites (N-methyl/N-ethyl adjacent to an activating group) is 1. The molecular weight excluding hydrogens is 309 g/mol. The molecule has 0 aliphatic heterocycles. The Kier molecular flexibility index (Phi) is 4.36. The van der Waals surface area contributed by atoms with Crippen LogP contribution in [0.1, 0.15) is 25.7 Å². The third kappa shape index (κ3) is 3.03. The van der Waals surface area contributed by atoms with E-state index in [1.807, 2.05) is 0 Å². The van der Waals surface area contributed by atoms with Crippen LogP contribution in [0.2, 0.25) is 0 Å². The first-order chi connectivity index (χ1) is 8.94. The fraction of sp³-hybridized carbons (Fsp3) is 0.571. The van der Waals surface area contributed by atoms with Crippen molar-refractivity contribution in [2.24, 2.45) is 0 Å². The first-order valence-electron chi connectivity index (χ1n) is 6.60. The van der Waals surface area contributed by atoms with E-state index in [4.69, 9.17) is 5.73 Å². The van der Waals surface area contributed by atoms with Gasteiger partial charge in [-0.25, -0.2) is 4.39 Å². The van der Waals surface area contributed by atoms with Gasteiger partial charge in [0.2, 0.25) is 0 Å². The quantitative estimate of drug-likeness (QED) is 0.831. The van der Waals surface area contributed by atoms with Gasteiger partial charge < -0.3 is 16.0 Å². The van der Waals surface area contributed by atoms with Gasteiger partial charge in [-0.1, -0.05) is 12.8 Å². The Morgan fingerprint density at radius 2 is 2.00 bits per heavy atom. The zero-order valence-corrected chi connectivity index (χ0v) is 13.1. The van der Waals surface area contributed by atoms with Crippen LogP contribution in [0.3, 0.4) is 0 Å². The fourth-order valence-corrected chi connectivity index (χ4v) is 3.15. The van der Waals surface area contributed by atoms with E-state index >= 15 is 0 Å². The summed E-state index contributed by atoms with van der Waals surface area (Å²) in [6.07, 6.45) is 4.85. The van der Waals surface area contributed by atoms with E-state index in [-0.39, 0.29) is 11.4 Å². The molecule has 0 unspecified atom stereocenters. The average Bonchev–Trinajstić information content (AvgIpc) is 2.82. The maximum Gasteiger partial charge on any atom is 0.139 e. The number of benzene rings is 1. The lowest BCUT2D eigenvalue weighted by atomic mass is 9.96. The van der Waals surface area contributed by atoms with Gasteiger partial charge in [-0.2, -0.15) is 0 Å². The number of hydrogen-bond donors (Lipinski definition) is 2. The van der Waals surface area contributed by atoms with E-state index < -0.39 is 0 Å². The van der Waals surface area contributed by atoms with Crippen LogP contribution in [0.4, 0.5) is 15.8 Å². The van der Waals surface area contributed by atoms with Crippen molar-refractivity contribution in [3.63, 3.8) is 0 Å². The zero-order valence-electron chi connectivity index (χ0n) is 11.5. The van der Waals surface area contributed by atoms with Crippen molar-refractivity contribution in [2.75, 3.05) is 31.7 Å². The summed E-state index contributed by atoms with van der Waals surface area (Å²) >= 11 is 3.14. The number of anilines is 2.